The van der Waals surface area contributed by atoms with Crippen molar-refractivity contribution in [1.29, 1.82) is 0 Å². The molecule has 0 rings (SSSR count). The van der Waals surface area contributed by atoms with Crippen LogP contribution in [-0.4, -0.2) is 18.9 Å². The Morgan fingerprint density at radius 1 is 1.25 bits per heavy atom. The highest BCUT2D eigenvalue weighted by Crippen LogP contribution is 2.27. The highest BCUT2D eigenvalue weighted by molar-refractivity contribution is 5.69. The second-order valence-electron chi connectivity index (χ2n) is 4.21. The van der Waals surface area contributed by atoms with Gasteiger partial charge in [0.25, 0.3) is 0 Å². The predicted molar refractivity (Wildman–Crippen MR) is 63.8 cm³/mol. The molecule has 93 valence electrons. The Labute approximate surface area is 98.6 Å². The molecule has 0 aromatic rings. The average molecular weight is 227 g/mol. The van der Waals surface area contributed by atoms with Gasteiger partial charge >= 0.3 is 5.97 Å². The number of ether oxygens (including phenoxy) is 1. The third-order valence-electron chi connectivity index (χ3n) is 2.95. The Hall–Kier alpha value is -0.860. The van der Waals surface area contributed by atoms with Crippen molar-refractivity contribution in [2.45, 2.75) is 59.3 Å². The molecule has 0 amide bonds. The van der Waals surface area contributed by atoms with Crippen molar-refractivity contribution in [3.63, 3.8) is 0 Å². The van der Waals surface area contributed by atoms with Gasteiger partial charge in [-0.2, -0.15) is 0 Å². The van der Waals surface area contributed by atoms with Crippen LogP contribution in [0.3, 0.4) is 0 Å². The van der Waals surface area contributed by atoms with Gasteiger partial charge in [0.1, 0.15) is 6.61 Å². The van der Waals surface area contributed by atoms with Crippen LogP contribution in [0.5, 0.6) is 0 Å². The minimum atomic E-state index is -0.583. The lowest BCUT2D eigenvalue weighted by atomic mass is 9.82. The summed E-state index contributed by atoms with van der Waals surface area (Å²) in [5, 5.41) is 0. The summed E-state index contributed by atoms with van der Waals surface area (Å²) in [4.78, 5) is 22.1. The molecule has 0 saturated heterocycles. The van der Waals surface area contributed by atoms with Crippen molar-refractivity contribution < 1.29 is 14.3 Å². The molecule has 0 bridgehead atoms. The number of carbonyl (C=O) groups is 1. The molecule has 0 spiro atoms. The van der Waals surface area contributed by atoms with E-state index in [1.165, 1.54) is 0 Å². The molecule has 16 heavy (non-hydrogen) atoms. The van der Waals surface area contributed by atoms with E-state index in [2.05, 4.69) is 13.2 Å². The number of hydrogen-bond acceptors (Lipinski definition) is 3. The van der Waals surface area contributed by atoms with Crippen molar-refractivity contribution in [2.24, 2.45) is 5.41 Å². The first kappa shape index (κ1) is 15.1. The van der Waals surface area contributed by atoms with Crippen LogP contribution in [0.2, 0.25) is 0 Å². The van der Waals surface area contributed by atoms with E-state index in [4.69, 9.17) is 4.74 Å². The molecule has 0 heterocycles. The summed E-state index contributed by atoms with van der Waals surface area (Å²) in [6, 6.07) is 0. The van der Waals surface area contributed by atoms with E-state index >= 15 is 0 Å². The lowest BCUT2D eigenvalue weighted by molar-refractivity contribution is -0.145. The Kier molecular flexibility index (Phi) is 7.86. The van der Waals surface area contributed by atoms with Gasteiger partial charge in [-0.1, -0.05) is 40.0 Å². The minimum absolute atomic E-state index is 0.184. The van der Waals surface area contributed by atoms with E-state index in [1.807, 2.05) is 6.92 Å². The molecular weight excluding hydrogens is 204 g/mol. The van der Waals surface area contributed by atoms with Crippen molar-refractivity contribution in [3.8, 4) is 0 Å². The van der Waals surface area contributed by atoms with Gasteiger partial charge in [-0.05, 0) is 12.8 Å². The normalized spacial score (nSPS) is 14.2. The first-order valence-electron chi connectivity index (χ1n) is 6.19. The zero-order valence-electron chi connectivity index (χ0n) is 10.7. The topological polar surface area (TPSA) is 43.4 Å². The molecule has 0 aliphatic carbocycles. The molecule has 1 unspecified atom stereocenters. The monoisotopic (exact) mass is 227 g/mol. The SMILES string of the molecule is CCCCCC([C]=O)(CC)COC(=O)CC. The molecule has 0 saturated carbocycles. The molecule has 0 aliphatic heterocycles. The molecule has 0 aliphatic rings. The maximum atomic E-state index is 11.1. The average Bonchev–Trinajstić information content (AvgIpc) is 2.33. The fourth-order valence-corrected chi connectivity index (χ4v) is 1.54. The Balaban J connectivity index is 4.20. The van der Waals surface area contributed by atoms with Crippen LogP contribution < -0.4 is 0 Å². The number of rotatable bonds is 9. The van der Waals surface area contributed by atoms with Crippen LogP contribution in [-0.2, 0) is 14.3 Å². The number of hydrogen-bond donors (Lipinski definition) is 0. The van der Waals surface area contributed by atoms with Crippen LogP contribution >= 0.6 is 0 Å². The van der Waals surface area contributed by atoms with E-state index in [-0.39, 0.29) is 12.6 Å². The van der Waals surface area contributed by atoms with Gasteiger partial charge < -0.3 is 4.74 Å². The van der Waals surface area contributed by atoms with E-state index in [0.29, 0.717) is 12.8 Å². The van der Waals surface area contributed by atoms with Crippen molar-refractivity contribution >= 4 is 12.3 Å². The quantitative estimate of drug-likeness (QED) is 0.449. The van der Waals surface area contributed by atoms with Crippen LogP contribution in [0.1, 0.15) is 59.3 Å². The second-order valence-corrected chi connectivity index (χ2v) is 4.21. The summed E-state index contributed by atoms with van der Waals surface area (Å²) in [6.45, 7) is 5.99. The molecule has 1 radical (unpaired) electrons. The minimum Gasteiger partial charge on any atom is -0.465 e. The predicted octanol–water partition coefficient (Wildman–Crippen LogP) is 3.03. The van der Waals surface area contributed by atoms with E-state index in [0.717, 1.165) is 25.7 Å². The van der Waals surface area contributed by atoms with Gasteiger partial charge in [-0.15, -0.1) is 0 Å². The maximum Gasteiger partial charge on any atom is 0.305 e. The fraction of sp³-hybridized carbons (Fsp3) is 0.846. The summed E-state index contributed by atoms with van der Waals surface area (Å²) in [5.74, 6) is -0.247. The zero-order valence-corrected chi connectivity index (χ0v) is 10.7. The van der Waals surface area contributed by atoms with Crippen LogP contribution in [0, 0.1) is 5.41 Å². The van der Waals surface area contributed by atoms with Crippen LogP contribution in [0.15, 0.2) is 0 Å². The molecule has 0 aromatic carbocycles. The lowest BCUT2D eigenvalue weighted by Gasteiger charge is -2.25. The summed E-state index contributed by atoms with van der Waals surface area (Å²) >= 11 is 0. The summed E-state index contributed by atoms with van der Waals surface area (Å²) in [5.41, 5.74) is -0.583. The Bertz CT molecular complexity index is 213. The van der Waals surface area contributed by atoms with Gasteiger partial charge in [0.05, 0.1) is 5.41 Å². The number of carbonyl (C=O) groups excluding carboxylic acids is 2. The molecule has 0 aromatic heterocycles. The standard InChI is InChI=1S/C13H23O3/c1-4-7-8-9-13(6-3,10-14)11-16-12(15)5-2/h4-9,11H2,1-3H3. The van der Waals surface area contributed by atoms with Crippen molar-refractivity contribution in [1.82, 2.24) is 0 Å². The highest BCUT2D eigenvalue weighted by atomic mass is 16.5. The van der Waals surface area contributed by atoms with Gasteiger partial charge in [0.2, 0.25) is 6.29 Å². The summed E-state index contributed by atoms with van der Waals surface area (Å²) in [6.07, 6.45) is 7.08. The van der Waals surface area contributed by atoms with E-state index in [1.54, 1.807) is 6.92 Å². The van der Waals surface area contributed by atoms with Gasteiger partial charge in [-0.25, -0.2) is 0 Å². The summed E-state index contributed by atoms with van der Waals surface area (Å²) < 4.78 is 5.07. The third-order valence-corrected chi connectivity index (χ3v) is 2.95. The summed E-state index contributed by atoms with van der Waals surface area (Å²) in [7, 11) is 0. The second kappa shape index (κ2) is 8.31. The first-order chi connectivity index (χ1) is 7.64. The van der Waals surface area contributed by atoms with E-state index < -0.39 is 5.41 Å². The third kappa shape index (κ3) is 5.29. The van der Waals surface area contributed by atoms with Gasteiger partial charge in [0.15, 0.2) is 0 Å². The highest BCUT2D eigenvalue weighted by Gasteiger charge is 2.30. The van der Waals surface area contributed by atoms with Crippen molar-refractivity contribution in [2.75, 3.05) is 6.61 Å². The molecule has 3 nitrogen and oxygen atoms in total. The van der Waals surface area contributed by atoms with Gasteiger partial charge in [0, 0.05) is 6.42 Å². The first-order valence-corrected chi connectivity index (χ1v) is 6.19. The number of esters is 1. The zero-order chi connectivity index (χ0) is 12.4. The molecular formula is C13H23O3. The molecule has 0 fully saturated rings. The Morgan fingerprint density at radius 2 is 1.94 bits per heavy atom. The van der Waals surface area contributed by atoms with Crippen LogP contribution in [0.25, 0.3) is 0 Å². The van der Waals surface area contributed by atoms with Crippen molar-refractivity contribution in [3.05, 3.63) is 0 Å². The smallest absolute Gasteiger partial charge is 0.305 e. The maximum absolute atomic E-state index is 11.1. The molecule has 0 N–H and O–H groups in total. The Morgan fingerprint density at radius 3 is 2.38 bits per heavy atom. The van der Waals surface area contributed by atoms with Crippen LogP contribution in [0.4, 0.5) is 0 Å². The lowest BCUT2D eigenvalue weighted by Crippen LogP contribution is -2.29. The molecule has 3 heteroatoms. The molecule has 1 atom stereocenters. The van der Waals surface area contributed by atoms with Gasteiger partial charge in [-0.3, -0.25) is 9.59 Å². The van der Waals surface area contributed by atoms with E-state index in [9.17, 15) is 9.59 Å². The fourth-order valence-electron chi connectivity index (χ4n) is 1.54. The largest absolute Gasteiger partial charge is 0.465 e. The number of unbranched alkanes of at least 4 members (excludes halogenated alkanes) is 2.